The standard InChI is InChI=1S/C19H24N4O.HI/c1-14-5-4-6-16(11-14)13-23-19(21-3)22-12-15-7-9-17(10-8-15)18(24)20-2;/h4-11H,12-13H2,1-3H3,(H,20,24)(H2,21,22,23);1H. The molecule has 0 saturated heterocycles. The van der Waals surface area contributed by atoms with E-state index in [4.69, 9.17) is 0 Å². The van der Waals surface area contributed by atoms with E-state index in [0.717, 1.165) is 18.1 Å². The lowest BCUT2D eigenvalue weighted by atomic mass is 10.1. The Morgan fingerprint density at radius 3 is 2.20 bits per heavy atom. The Morgan fingerprint density at radius 1 is 1.00 bits per heavy atom. The van der Waals surface area contributed by atoms with Crippen LogP contribution in [0.5, 0.6) is 0 Å². The third kappa shape index (κ3) is 6.74. The van der Waals surface area contributed by atoms with Crippen molar-refractivity contribution in [2.75, 3.05) is 14.1 Å². The molecule has 0 aliphatic heterocycles. The van der Waals surface area contributed by atoms with Gasteiger partial charge in [0.2, 0.25) is 0 Å². The number of carbonyl (C=O) groups is 1. The molecule has 0 aliphatic rings. The van der Waals surface area contributed by atoms with Crippen molar-refractivity contribution in [1.82, 2.24) is 16.0 Å². The molecule has 0 aromatic heterocycles. The number of amides is 1. The van der Waals surface area contributed by atoms with Crippen LogP contribution in [0.3, 0.4) is 0 Å². The van der Waals surface area contributed by atoms with Crippen LogP contribution in [-0.4, -0.2) is 26.0 Å². The Labute approximate surface area is 166 Å². The van der Waals surface area contributed by atoms with Crippen molar-refractivity contribution in [1.29, 1.82) is 0 Å². The molecule has 6 heteroatoms. The van der Waals surface area contributed by atoms with Crippen LogP contribution in [0, 0.1) is 6.92 Å². The number of nitrogens with one attached hydrogen (secondary N) is 3. The van der Waals surface area contributed by atoms with Gasteiger partial charge in [-0.2, -0.15) is 0 Å². The lowest BCUT2D eigenvalue weighted by molar-refractivity contribution is 0.0963. The number of guanidine groups is 1. The van der Waals surface area contributed by atoms with Crippen LogP contribution >= 0.6 is 24.0 Å². The molecular formula is C19H25IN4O. The van der Waals surface area contributed by atoms with Crippen molar-refractivity contribution in [3.05, 3.63) is 70.8 Å². The van der Waals surface area contributed by atoms with E-state index in [0.29, 0.717) is 12.1 Å². The number of benzene rings is 2. The molecular weight excluding hydrogens is 427 g/mol. The maximum atomic E-state index is 11.5. The largest absolute Gasteiger partial charge is 0.355 e. The maximum absolute atomic E-state index is 11.5. The maximum Gasteiger partial charge on any atom is 0.251 e. The highest BCUT2D eigenvalue weighted by Crippen LogP contribution is 2.05. The fraction of sp³-hybridized carbons (Fsp3) is 0.263. The number of aryl methyl sites for hydroxylation is 1. The highest BCUT2D eigenvalue weighted by Gasteiger charge is 2.03. The molecule has 25 heavy (non-hydrogen) atoms. The van der Waals surface area contributed by atoms with Crippen LogP contribution < -0.4 is 16.0 Å². The predicted octanol–water partition coefficient (Wildman–Crippen LogP) is 2.84. The molecule has 1 amide bonds. The van der Waals surface area contributed by atoms with Gasteiger partial charge in [0.05, 0.1) is 0 Å². The SMILES string of the molecule is CN=C(NCc1ccc(C(=O)NC)cc1)NCc1cccc(C)c1.I. The Bertz CT molecular complexity index is 714. The highest BCUT2D eigenvalue weighted by atomic mass is 127. The summed E-state index contributed by atoms with van der Waals surface area (Å²) in [6.07, 6.45) is 0. The number of aliphatic imine (C=N–C) groups is 1. The third-order valence-electron chi connectivity index (χ3n) is 3.67. The summed E-state index contributed by atoms with van der Waals surface area (Å²) in [7, 11) is 3.38. The van der Waals surface area contributed by atoms with Gasteiger partial charge in [-0.1, -0.05) is 42.0 Å². The van der Waals surface area contributed by atoms with Crippen molar-refractivity contribution >= 4 is 35.8 Å². The van der Waals surface area contributed by atoms with Gasteiger partial charge in [0, 0.05) is 32.7 Å². The quantitative estimate of drug-likeness (QED) is 0.372. The number of nitrogens with zero attached hydrogens (tertiary/aromatic N) is 1. The lowest BCUT2D eigenvalue weighted by Gasteiger charge is -2.12. The fourth-order valence-corrected chi connectivity index (χ4v) is 2.33. The second-order valence-electron chi connectivity index (χ2n) is 5.54. The summed E-state index contributed by atoms with van der Waals surface area (Å²) in [5.74, 6) is 0.664. The minimum Gasteiger partial charge on any atom is -0.355 e. The zero-order valence-electron chi connectivity index (χ0n) is 14.8. The van der Waals surface area contributed by atoms with Crippen molar-refractivity contribution in [3.8, 4) is 0 Å². The van der Waals surface area contributed by atoms with Gasteiger partial charge in [0.25, 0.3) is 5.91 Å². The highest BCUT2D eigenvalue weighted by molar-refractivity contribution is 14.0. The monoisotopic (exact) mass is 452 g/mol. The zero-order valence-corrected chi connectivity index (χ0v) is 17.1. The van der Waals surface area contributed by atoms with E-state index in [2.05, 4.69) is 52.1 Å². The van der Waals surface area contributed by atoms with Crippen LogP contribution in [0.1, 0.15) is 27.0 Å². The van der Waals surface area contributed by atoms with Crippen molar-refractivity contribution in [2.24, 2.45) is 4.99 Å². The van der Waals surface area contributed by atoms with E-state index in [-0.39, 0.29) is 29.9 Å². The molecule has 2 aromatic carbocycles. The van der Waals surface area contributed by atoms with Crippen LogP contribution in [-0.2, 0) is 13.1 Å². The number of rotatable bonds is 5. The Morgan fingerprint density at radius 2 is 1.64 bits per heavy atom. The Hall–Kier alpha value is -2.09. The number of halogens is 1. The van der Waals surface area contributed by atoms with E-state index in [1.165, 1.54) is 11.1 Å². The first-order valence-electron chi connectivity index (χ1n) is 7.93. The molecule has 0 aliphatic carbocycles. The molecule has 0 atom stereocenters. The normalized spacial score (nSPS) is 10.6. The van der Waals surface area contributed by atoms with Gasteiger partial charge < -0.3 is 16.0 Å². The molecule has 0 saturated carbocycles. The Balaban J connectivity index is 0.00000312. The van der Waals surface area contributed by atoms with Gasteiger partial charge in [-0.3, -0.25) is 9.79 Å². The minimum absolute atomic E-state index is 0. The van der Waals surface area contributed by atoms with Crippen molar-refractivity contribution < 1.29 is 4.79 Å². The van der Waals surface area contributed by atoms with Crippen LogP contribution in [0.15, 0.2) is 53.5 Å². The molecule has 0 radical (unpaired) electrons. The van der Waals surface area contributed by atoms with Crippen molar-refractivity contribution in [3.63, 3.8) is 0 Å². The summed E-state index contributed by atoms with van der Waals surface area (Å²) in [6, 6.07) is 15.9. The first kappa shape index (κ1) is 21.0. The first-order valence-corrected chi connectivity index (χ1v) is 7.93. The van der Waals surface area contributed by atoms with E-state index < -0.39 is 0 Å². The average Bonchev–Trinajstić information content (AvgIpc) is 2.61. The summed E-state index contributed by atoms with van der Waals surface area (Å²) in [4.78, 5) is 15.8. The number of hydrogen-bond donors (Lipinski definition) is 3. The third-order valence-corrected chi connectivity index (χ3v) is 3.67. The topological polar surface area (TPSA) is 65.5 Å². The van der Waals surface area contributed by atoms with Gasteiger partial charge in [0.15, 0.2) is 5.96 Å². The van der Waals surface area contributed by atoms with Gasteiger partial charge in [-0.25, -0.2) is 0 Å². The smallest absolute Gasteiger partial charge is 0.251 e. The summed E-state index contributed by atoms with van der Waals surface area (Å²) < 4.78 is 0. The van der Waals surface area contributed by atoms with Gasteiger partial charge in [0.1, 0.15) is 0 Å². The molecule has 0 fully saturated rings. The molecule has 0 spiro atoms. The van der Waals surface area contributed by atoms with E-state index in [1.54, 1.807) is 14.1 Å². The number of carbonyl (C=O) groups excluding carboxylic acids is 1. The van der Waals surface area contributed by atoms with E-state index in [9.17, 15) is 4.79 Å². The Kier molecular flexibility index (Phi) is 8.98. The summed E-state index contributed by atoms with van der Waals surface area (Å²) in [5.41, 5.74) is 4.20. The molecule has 0 bridgehead atoms. The van der Waals surface area contributed by atoms with Gasteiger partial charge in [-0.15, -0.1) is 24.0 Å². The molecule has 2 aromatic rings. The number of hydrogen-bond acceptors (Lipinski definition) is 2. The molecule has 0 heterocycles. The van der Waals surface area contributed by atoms with Crippen LogP contribution in [0.4, 0.5) is 0 Å². The molecule has 134 valence electrons. The zero-order chi connectivity index (χ0) is 17.4. The summed E-state index contributed by atoms with van der Waals surface area (Å²) in [5, 5.41) is 9.18. The first-order chi connectivity index (χ1) is 11.6. The molecule has 2 rings (SSSR count). The second kappa shape index (κ2) is 10.7. The average molecular weight is 452 g/mol. The minimum atomic E-state index is -0.0786. The van der Waals surface area contributed by atoms with E-state index >= 15 is 0 Å². The van der Waals surface area contributed by atoms with Gasteiger partial charge in [-0.05, 0) is 30.2 Å². The van der Waals surface area contributed by atoms with Crippen LogP contribution in [0.2, 0.25) is 0 Å². The summed E-state index contributed by atoms with van der Waals surface area (Å²) in [6.45, 7) is 3.44. The predicted molar refractivity (Wildman–Crippen MR) is 113 cm³/mol. The van der Waals surface area contributed by atoms with E-state index in [1.807, 2.05) is 24.3 Å². The fourth-order valence-electron chi connectivity index (χ4n) is 2.33. The van der Waals surface area contributed by atoms with Crippen LogP contribution in [0.25, 0.3) is 0 Å². The second-order valence-corrected chi connectivity index (χ2v) is 5.54. The molecule has 0 unspecified atom stereocenters. The summed E-state index contributed by atoms with van der Waals surface area (Å²) >= 11 is 0. The van der Waals surface area contributed by atoms with Crippen molar-refractivity contribution in [2.45, 2.75) is 20.0 Å². The molecule has 3 N–H and O–H groups in total. The lowest BCUT2D eigenvalue weighted by Crippen LogP contribution is -2.36. The van der Waals surface area contributed by atoms with Gasteiger partial charge >= 0.3 is 0 Å². The molecule has 5 nitrogen and oxygen atoms in total.